The summed E-state index contributed by atoms with van der Waals surface area (Å²) < 4.78 is 16.0. The van der Waals surface area contributed by atoms with Crippen LogP contribution >= 0.6 is 0 Å². The normalized spacial score (nSPS) is 25.1. The Kier molecular flexibility index (Phi) is 8.61. The molecule has 17 heavy (non-hydrogen) atoms. The maximum Gasteiger partial charge on any atom is 0.0700 e. The Labute approximate surface area is 104 Å². The predicted octanol–water partition coefficient (Wildman–Crippen LogP) is 1.61. The van der Waals surface area contributed by atoms with Crippen molar-refractivity contribution in [2.24, 2.45) is 5.92 Å². The van der Waals surface area contributed by atoms with E-state index in [4.69, 9.17) is 19.3 Å². The molecule has 0 atom stereocenters. The monoisotopic (exact) mass is 246 g/mol. The number of hydrogen-bond acceptors (Lipinski definition) is 4. The lowest BCUT2D eigenvalue weighted by Gasteiger charge is -2.27. The molecular formula is C13H26O4. The fraction of sp³-hybridized carbons (Fsp3) is 1.00. The first-order chi connectivity index (χ1) is 8.36. The SMILES string of the molecule is COCCOCCCOC1CCC(CO)CC1. The van der Waals surface area contributed by atoms with Gasteiger partial charge in [-0.05, 0) is 38.0 Å². The van der Waals surface area contributed by atoms with Crippen molar-refractivity contribution in [1.29, 1.82) is 0 Å². The van der Waals surface area contributed by atoms with Gasteiger partial charge in [-0.25, -0.2) is 0 Å². The van der Waals surface area contributed by atoms with Crippen molar-refractivity contribution < 1.29 is 19.3 Å². The zero-order valence-electron chi connectivity index (χ0n) is 10.9. The van der Waals surface area contributed by atoms with Crippen molar-refractivity contribution in [2.75, 3.05) is 40.1 Å². The molecule has 1 aliphatic carbocycles. The fourth-order valence-corrected chi connectivity index (χ4v) is 2.14. The Morgan fingerprint density at radius 1 is 1.00 bits per heavy atom. The van der Waals surface area contributed by atoms with Gasteiger partial charge >= 0.3 is 0 Å². The summed E-state index contributed by atoms with van der Waals surface area (Å²) in [5.74, 6) is 0.507. The smallest absolute Gasteiger partial charge is 0.0700 e. The van der Waals surface area contributed by atoms with Gasteiger partial charge in [-0.2, -0.15) is 0 Å². The van der Waals surface area contributed by atoms with Crippen LogP contribution in [0.15, 0.2) is 0 Å². The summed E-state index contributed by atoms with van der Waals surface area (Å²) in [6.45, 7) is 3.18. The first-order valence-corrected chi connectivity index (χ1v) is 6.66. The molecule has 0 unspecified atom stereocenters. The molecule has 4 heteroatoms. The van der Waals surface area contributed by atoms with Gasteiger partial charge in [-0.3, -0.25) is 0 Å². The first-order valence-electron chi connectivity index (χ1n) is 6.66. The Hall–Kier alpha value is -0.160. The number of aliphatic hydroxyl groups is 1. The molecule has 0 aromatic carbocycles. The fourth-order valence-electron chi connectivity index (χ4n) is 2.14. The van der Waals surface area contributed by atoms with Crippen LogP contribution in [0.1, 0.15) is 32.1 Å². The number of rotatable bonds is 9. The molecule has 1 fully saturated rings. The van der Waals surface area contributed by atoms with Crippen LogP contribution in [0.2, 0.25) is 0 Å². The van der Waals surface area contributed by atoms with Gasteiger partial charge in [-0.15, -0.1) is 0 Å². The molecule has 1 N–H and O–H groups in total. The summed E-state index contributed by atoms with van der Waals surface area (Å²) in [6.07, 6.45) is 5.74. The largest absolute Gasteiger partial charge is 0.396 e. The van der Waals surface area contributed by atoms with Crippen molar-refractivity contribution in [1.82, 2.24) is 0 Å². The minimum absolute atomic E-state index is 0.333. The van der Waals surface area contributed by atoms with Crippen molar-refractivity contribution in [2.45, 2.75) is 38.2 Å². The molecule has 0 aliphatic heterocycles. The van der Waals surface area contributed by atoms with Gasteiger partial charge in [0.1, 0.15) is 0 Å². The number of ether oxygens (including phenoxy) is 3. The second kappa shape index (κ2) is 9.83. The molecule has 0 heterocycles. The van der Waals surface area contributed by atoms with E-state index < -0.39 is 0 Å². The molecule has 4 nitrogen and oxygen atoms in total. The highest BCUT2D eigenvalue weighted by molar-refractivity contribution is 4.72. The summed E-state index contributed by atoms with van der Waals surface area (Å²) in [5, 5.41) is 9.03. The van der Waals surface area contributed by atoms with E-state index >= 15 is 0 Å². The molecule has 1 rings (SSSR count). The second-order valence-corrected chi connectivity index (χ2v) is 4.65. The van der Waals surface area contributed by atoms with E-state index in [1.165, 1.54) is 0 Å². The molecule has 102 valence electrons. The lowest BCUT2D eigenvalue weighted by Crippen LogP contribution is -2.24. The molecular weight excluding hydrogens is 220 g/mol. The van der Waals surface area contributed by atoms with Crippen LogP contribution in [0.25, 0.3) is 0 Å². The summed E-state index contributed by atoms with van der Waals surface area (Å²) in [4.78, 5) is 0. The molecule has 1 aliphatic rings. The van der Waals surface area contributed by atoms with Gasteiger partial charge < -0.3 is 19.3 Å². The van der Waals surface area contributed by atoms with E-state index in [9.17, 15) is 0 Å². The summed E-state index contributed by atoms with van der Waals surface area (Å²) in [5.41, 5.74) is 0. The molecule has 0 aromatic rings. The highest BCUT2D eigenvalue weighted by atomic mass is 16.5. The molecule has 0 aromatic heterocycles. The van der Waals surface area contributed by atoms with Crippen LogP contribution in [0.3, 0.4) is 0 Å². The Bertz CT molecular complexity index is 167. The van der Waals surface area contributed by atoms with Crippen molar-refractivity contribution in [3.63, 3.8) is 0 Å². The molecule has 0 bridgehead atoms. The lowest BCUT2D eigenvalue weighted by atomic mass is 9.88. The lowest BCUT2D eigenvalue weighted by molar-refractivity contribution is -0.00304. The van der Waals surface area contributed by atoms with Crippen LogP contribution in [0, 0.1) is 5.92 Å². The molecule has 0 radical (unpaired) electrons. The third-order valence-corrected chi connectivity index (χ3v) is 3.27. The zero-order valence-corrected chi connectivity index (χ0v) is 10.9. The molecule has 1 saturated carbocycles. The quantitative estimate of drug-likeness (QED) is 0.628. The van der Waals surface area contributed by atoms with Gasteiger partial charge in [0.2, 0.25) is 0 Å². The average Bonchev–Trinajstić information content (AvgIpc) is 2.38. The maximum atomic E-state index is 9.03. The highest BCUT2D eigenvalue weighted by Crippen LogP contribution is 2.25. The molecule has 0 saturated heterocycles. The van der Waals surface area contributed by atoms with Gasteiger partial charge in [0, 0.05) is 26.9 Å². The Morgan fingerprint density at radius 2 is 1.76 bits per heavy atom. The van der Waals surface area contributed by atoms with Crippen LogP contribution in [0.4, 0.5) is 0 Å². The van der Waals surface area contributed by atoms with Crippen LogP contribution in [0.5, 0.6) is 0 Å². The minimum Gasteiger partial charge on any atom is -0.396 e. The minimum atomic E-state index is 0.333. The third-order valence-electron chi connectivity index (χ3n) is 3.27. The van der Waals surface area contributed by atoms with Crippen LogP contribution in [-0.2, 0) is 14.2 Å². The van der Waals surface area contributed by atoms with Gasteiger partial charge in [0.15, 0.2) is 0 Å². The zero-order chi connectivity index (χ0) is 12.3. The molecule has 0 spiro atoms. The average molecular weight is 246 g/mol. The van der Waals surface area contributed by atoms with Crippen molar-refractivity contribution in [3.05, 3.63) is 0 Å². The van der Waals surface area contributed by atoms with Gasteiger partial charge in [0.05, 0.1) is 19.3 Å². The summed E-state index contributed by atoms with van der Waals surface area (Å²) in [6, 6.07) is 0. The van der Waals surface area contributed by atoms with Crippen LogP contribution < -0.4 is 0 Å². The standard InChI is InChI=1S/C13H26O4/c1-15-9-10-16-7-2-8-17-13-5-3-12(11-14)4-6-13/h12-14H,2-11H2,1H3. The second-order valence-electron chi connectivity index (χ2n) is 4.65. The predicted molar refractivity (Wildman–Crippen MR) is 66.1 cm³/mol. The van der Waals surface area contributed by atoms with Crippen molar-refractivity contribution >= 4 is 0 Å². The van der Waals surface area contributed by atoms with E-state index in [1.807, 2.05) is 0 Å². The first kappa shape index (κ1) is 14.9. The topological polar surface area (TPSA) is 47.9 Å². The number of methoxy groups -OCH3 is 1. The number of hydrogen-bond donors (Lipinski definition) is 1. The van der Waals surface area contributed by atoms with Gasteiger partial charge in [0.25, 0.3) is 0 Å². The van der Waals surface area contributed by atoms with E-state index in [-0.39, 0.29) is 0 Å². The highest BCUT2D eigenvalue weighted by Gasteiger charge is 2.20. The maximum absolute atomic E-state index is 9.03. The van der Waals surface area contributed by atoms with E-state index in [0.29, 0.717) is 31.8 Å². The summed E-state index contributed by atoms with van der Waals surface area (Å²) in [7, 11) is 1.68. The van der Waals surface area contributed by atoms with Gasteiger partial charge in [-0.1, -0.05) is 0 Å². The Morgan fingerprint density at radius 3 is 2.41 bits per heavy atom. The van der Waals surface area contributed by atoms with E-state index in [2.05, 4.69) is 0 Å². The number of aliphatic hydroxyl groups excluding tert-OH is 1. The molecule has 0 amide bonds. The van der Waals surface area contributed by atoms with Crippen LogP contribution in [-0.4, -0.2) is 51.4 Å². The third kappa shape index (κ3) is 6.99. The van der Waals surface area contributed by atoms with E-state index in [0.717, 1.165) is 45.3 Å². The van der Waals surface area contributed by atoms with Crippen molar-refractivity contribution in [3.8, 4) is 0 Å². The Balaban J connectivity index is 1.87. The summed E-state index contributed by atoms with van der Waals surface area (Å²) >= 11 is 0. The van der Waals surface area contributed by atoms with E-state index in [1.54, 1.807) is 7.11 Å².